The van der Waals surface area contributed by atoms with E-state index in [1.807, 2.05) is 20.8 Å². The first-order chi connectivity index (χ1) is 6.52. The molecule has 3 heteroatoms. The van der Waals surface area contributed by atoms with Crippen LogP contribution in [0.25, 0.3) is 5.57 Å². The van der Waals surface area contributed by atoms with Crippen LogP contribution in [0.4, 0.5) is 5.69 Å². The predicted molar refractivity (Wildman–Crippen MR) is 57.0 cm³/mol. The van der Waals surface area contributed by atoms with Gasteiger partial charge in [0.05, 0.1) is 4.92 Å². The van der Waals surface area contributed by atoms with Gasteiger partial charge in [-0.15, -0.1) is 0 Å². The summed E-state index contributed by atoms with van der Waals surface area (Å²) in [5, 5.41) is 10.4. The molecule has 14 heavy (non-hydrogen) atoms. The van der Waals surface area contributed by atoms with Gasteiger partial charge in [0.2, 0.25) is 0 Å². The number of allylic oxidation sites excluding steroid dienone is 2. The summed E-state index contributed by atoms with van der Waals surface area (Å²) in [5.41, 5.74) is 3.56. The fourth-order valence-electron chi connectivity index (χ4n) is 1.12. The molecule has 0 radical (unpaired) electrons. The lowest BCUT2D eigenvalue weighted by Gasteiger charge is -2.03. The van der Waals surface area contributed by atoms with Gasteiger partial charge in [-0.1, -0.05) is 5.57 Å². The van der Waals surface area contributed by atoms with Gasteiger partial charge in [-0.2, -0.15) is 0 Å². The van der Waals surface area contributed by atoms with Crippen LogP contribution in [0.15, 0.2) is 29.8 Å². The molecule has 0 fully saturated rings. The van der Waals surface area contributed by atoms with Crippen molar-refractivity contribution >= 4 is 11.3 Å². The Bertz CT molecular complexity index is 373. The minimum atomic E-state index is -0.387. The molecule has 1 rings (SSSR count). The second-order valence-corrected chi connectivity index (χ2v) is 3.43. The molecule has 0 atom stereocenters. The van der Waals surface area contributed by atoms with E-state index < -0.39 is 0 Å². The molecule has 0 saturated heterocycles. The standard InChI is InChI=1S/C11H13NO2/c1-8(2)9(3)10-4-6-11(7-5-10)12(13)14/h4-7H,1-3H3. The summed E-state index contributed by atoms with van der Waals surface area (Å²) in [6.07, 6.45) is 0. The molecule has 1 aromatic rings. The summed E-state index contributed by atoms with van der Waals surface area (Å²) in [5.74, 6) is 0. The van der Waals surface area contributed by atoms with Crippen molar-refractivity contribution in [3.8, 4) is 0 Å². The van der Waals surface area contributed by atoms with Crippen molar-refractivity contribution in [3.05, 3.63) is 45.5 Å². The minimum absolute atomic E-state index is 0.135. The highest BCUT2D eigenvalue weighted by Crippen LogP contribution is 2.20. The number of nitro benzene ring substituents is 1. The summed E-state index contributed by atoms with van der Waals surface area (Å²) in [6.45, 7) is 6.06. The van der Waals surface area contributed by atoms with Crippen molar-refractivity contribution in [2.45, 2.75) is 20.8 Å². The van der Waals surface area contributed by atoms with Crippen LogP contribution in [0.2, 0.25) is 0 Å². The molecular weight excluding hydrogens is 178 g/mol. The fraction of sp³-hybridized carbons (Fsp3) is 0.273. The van der Waals surface area contributed by atoms with Crippen LogP contribution in [0.1, 0.15) is 26.3 Å². The maximum absolute atomic E-state index is 10.4. The predicted octanol–water partition coefficient (Wildman–Crippen LogP) is 3.41. The molecule has 0 unspecified atom stereocenters. The SMILES string of the molecule is CC(C)=C(C)c1ccc([N+](=O)[O-])cc1. The van der Waals surface area contributed by atoms with Crippen LogP contribution >= 0.6 is 0 Å². The molecule has 74 valence electrons. The van der Waals surface area contributed by atoms with Crippen LogP contribution in [-0.4, -0.2) is 4.92 Å². The Hall–Kier alpha value is -1.64. The van der Waals surface area contributed by atoms with E-state index in [2.05, 4.69) is 0 Å². The average Bonchev–Trinajstić information content (AvgIpc) is 2.16. The molecule has 0 spiro atoms. The fourth-order valence-corrected chi connectivity index (χ4v) is 1.12. The number of nitro groups is 1. The number of benzene rings is 1. The zero-order valence-corrected chi connectivity index (χ0v) is 8.57. The Morgan fingerprint density at radius 3 is 2.00 bits per heavy atom. The first kappa shape index (κ1) is 10.4. The van der Waals surface area contributed by atoms with E-state index in [-0.39, 0.29) is 10.6 Å². The Morgan fingerprint density at radius 2 is 1.64 bits per heavy atom. The Labute approximate surface area is 83.2 Å². The Balaban J connectivity index is 3.06. The van der Waals surface area contributed by atoms with Crippen molar-refractivity contribution in [2.75, 3.05) is 0 Å². The van der Waals surface area contributed by atoms with Crippen molar-refractivity contribution in [2.24, 2.45) is 0 Å². The minimum Gasteiger partial charge on any atom is -0.258 e. The molecule has 0 N–H and O–H groups in total. The summed E-state index contributed by atoms with van der Waals surface area (Å²) in [4.78, 5) is 10.0. The van der Waals surface area contributed by atoms with Crippen LogP contribution < -0.4 is 0 Å². The number of rotatable bonds is 2. The van der Waals surface area contributed by atoms with Gasteiger partial charge in [-0.3, -0.25) is 10.1 Å². The smallest absolute Gasteiger partial charge is 0.258 e. The van der Waals surface area contributed by atoms with Crippen molar-refractivity contribution in [1.29, 1.82) is 0 Å². The van der Waals surface area contributed by atoms with Crippen LogP contribution in [0.5, 0.6) is 0 Å². The molecule has 0 aliphatic carbocycles. The third-order valence-electron chi connectivity index (χ3n) is 2.26. The van der Waals surface area contributed by atoms with Crippen molar-refractivity contribution < 1.29 is 4.92 Å². The van der Waals surface area contributed by atoms with E-state index in [1.54, 1.807) is 12.1 Å². The van der Waals surface area contributed by atoms with E-state index in [1.165, 1.54) is 23.3 Å². The maximum atomic E-state index is 10.4. The van der Waals surface area contributed by atoms with Crippen LogP contribution in [0.3, 0.4) is 0 Å². The molecule has 1 aromatic carbocycles. The first-order valence-corrected chi connectivity index (χ1v) is 4.41. The lowest BCUT2D eigenvalue weighted by atomic mass is 10.0. The van der Waals surface area contributed by atoms with E-state index >= 15 is 0 Å². The van der Waals surface area contributed by atoms with Gasteiger partial charge in [-0.05, 0) is 44.0 Å². The summed E-state index contributed by atoms with van der Waals surface area (Å²) in [7, 11) is 0. The first-order valence-electron chi connectivity index (χ1n) is 4.41. The van der Waals surface area contributed by atoms with Gasteiger partial charge in [0.15, 0.2) is 0 Å². The van der Waals surface area contributed by atoms with Gasteiger partial charge in [-0.25, -0.2) is 0 Å². The van der Waals surface area contributed by atoms with E-state index in [0.717, 1.165) is 5.56 Å². The van der Waals surface area contributed by atoms with Gasteiger partial charge in [0, 0.05) is 12.1 Å². The van der Waals surface area contributed by atoms with Crippen molar-refractivity contribution in [3.63, 3.8) is 0 Å². The second-order valence-electron chi connectivity index (χ2n) is 3.43. The molecule has 0 aromatic heterocycles. The Morgan fingerprint density at radius 1 is 1.14 bits per heavy atom. The number of hydrogen-bond donors (Lipinski definition) is 0. The van der Waals surface area contributed by atoms with Gasteiger partial charge < -0.3 is 0 Å². The molecule has 0 aliphatic rings. The zero-order valence-electron chi connectivity index (χ0n) is 8.57. The molecule has 0 heterocycles. The van der Waals surface area contributed by atoms with Gasteiger partial charge >= 0.3 is 0 Å². The lowest BCUT2D eigenvalue weighted by Crippen LogP contribution is -1.88. The van der Waals surface area contributed by atoms with Gasteiger partial charge in [0.25, 0.3) is 5.69 Å². The topological polar surface area (TPSA) is 43.1 Å². The second kappa shape index (κ2) is 4.05. The third kappa shape index (κ3) is 2.19. The molecular formula is C11H13NO2. The molecule has 0 bridgehead atoms. The molecule has 0 saturated carbocycles. The number of non-ortho nitro benzene ring substituents is 1. The number of nitrogens with zero attached hydrogens (tertiary/aromatic N) is 1. The number of hydrogen-bond acceptors (Lipinski definition) is 2. The van der Waals surface area contributed by atoms with Crippen LogP contribution in [-0.2, 0) is 0 Å². The van der Waals surface area contributed by atoms with E-state index in [4.69, 9.17) is 0 Å². The highest BCUT2D eigenvalue weighted by molar-refractivity contribution is 5.66. The molecule has 0 amide bonds. The normalized spacial score (nSPS) is 9.64. The largest absolute Gasteiger partial charge is 0.269 e. The lowest BCUT2D eigenvalue weighted by molar-refractivity contribution is -0.384. The van der Waals surface area contributed by atoms with E-state index in [9.17, 15) is 10.1 Å². The van der Waals surface area contributed by atoms with Crippen molar-refractivity contribution in [1.82, 2.24) is 0 Å². The van der Waals surface area contributed by atoms with Gasteiger partial charge in [0.1, 0.15) is 0 Å². The highest BCUT2D eigenvalue weighted by Gasteiger charge is 2.04. The van der Waals surface area contributed by atoms with Crippen LogP contribution in [0, 0.1) is 10.1 Å². The summed E-state index contributed by atoms with van der Waals surface area (Å²) < 4.78 is 0. The molecule has 3 nitrogen and oxygen atoms in total. The summed E-state index contributed by atoms with van der Waals surface area (Å²) >= 11 is 0. The molecule has 0 aliphatic heterocycles. The zero-order chi connectivity index (χ0) is 10.7. The maximum Gasteiger partial charge on any atom is 0.269 e. The quantitative estimate of drug-likeness (QED) is 0.531. The average molecular weight is 191 g/mol. The third-order valence-corrected chi connectivity index (χ3v) is 2.26. The summed E-state index contributed by atoms with van der Waals surface area (Å²) in [6, 6.07) is 6.62. The van der Waals surface area contributed by atoms with E-state index in [0.29, 0.717) is 0 Å². The monoisotopic (exact) mass is 191 g/mol. The Kier molecular flexibility index (Phi) is 3.02. The highest BCUT2D eigenvalue weighted by atomic mass is 16.6.